The first kappa shape index (κ1) is 14.0. The summed E-state index contributed by atoms with van der Waals surface area (Å²) in [4.78, 5) is 0. The van der Waals surface area contributed by atoms with E-state index in [1.165, 1.54) is 13.2 Å². The van der Waals surface area contributed by atoms with Crippen LogP contribution in [0.4, 0.5) is 4.39 Å². The summed E-state index contributed by atoms with van der Waals surface area (Å²) in [5.74, 6) is 0.0888. The Morgan fingerprint density at radius 1 is 1.16 bits per heavy atom. The molecular formula is C15H14BrFO2. The van der Waals surface area contributed by atoms with Gasteiger partial charge in [-0.05, 0) is 25.1 Å². The largest absolute Gasteiger partial charge is 0.496 e. The second-order valence-electron chi connectivity index (χ2n) is 4.31. The van der Waals surface area contributed by atoms with Crippen molar-refractivity contribution in [3.8, 4) is 5.75 Å². The van der Waals surface area contributed by atoms with Gasteiger partial charge in [-0.1, -0.05) is 39.7 Å². The number of methoxy groups -OCH3 is 1. The average molecular weight is 325 g/mol. The Bertz CT molecular complexity index is 599. The first-order chi connectivity index (χ1) is 9.02. The van der Waals surface area contributed by atoms with E-state index in [-0.39, 0.29) is 5.56 Å². The van der Waals surface area contributed by atoms with Crippen LogP contribution in [0.25, 0.3) is 0 Å². The third-order valence-electron chi connectivity index (χ3n) is 2.94. The zero-order chi connectivity index (χ0) is 14.0. The maximum Gasteiger partial charge on any atom is 0.129 e. The van der Waals surface area contributed by atoms with Gasteiger partial charge in [0.15, 0.2) is 0 Å². The van der Waals surface area contributed by atoms with Gasteiger partial charge in [-0.25, -0.2) is 4.39 Å². The van der Waals surface area contributed by atoms with Gasteiger partial charge < -0.3 is 9.84 Å². The maximum absolute atomic E-state index is 13.8. The van der Waals surface area contributed by atoms with E-state index in [1.54, 1.807) is 30.3 Å². The van der Waals surface area contributed by atoms with Gasteiger partial charge in [0, 0.05) is 15.6 Å². The number of aryl methyl sites for hydroxylation is 1. The summed E-state index contributed by atoms with van der Waals surface area (Å²) in [5.41, 5.74) is 1.68. The number of rotatable bonds is 3. The highest BCUT2D eigenvalue weighted by Gasteiger charge is 2.19. The zero-order valence-electron chi connectivity index (χ0n) is 10.7. The summed E-state index contributed by atoms with van der Waals surface area (Å²) in [6.07, 6.45) is -1.05. The van der Waals surface area contributed by atoms with Crippen LogP contribution in [0.2, 0.25) is 0 Å². The van der Waals surface area contributed by atoms with Crippen molar-refractivity contribution in [2.75, 3.05) is 7.11 Å². The van der Waals surface area contributed by atoms with Gasteiger partial charge in [0.25, 0.3) is 0 Å². The van der Waals surface area contributed by atoms with Crippen molar-refractivity contribution in [2.24, 2.45) is 0 Å². The van der Waals surface area contributed by atoms with Gasteiger partial charge in [0.2, 0.25) is 0 Å². The molecule has 1 atom stereocenters. The minimum atomic E-state index is -1.05. The number of halogens is 2. The molecular weight excluding hydrogens is 311 g/mol. The predicted molar refractivity (Wildman–Crippen MR) is 75.9 cm³/mol. The standard InChI is InChI=1S/C15H14BrFO2/c1-9-3-6-13(17)12(7-9)15(18)11-5-4-10(16)8-14(11)19-2/h3-8,15,18H,1-2H3. The van der Waals surface area contributed by atoms with Crippen molar-refractivity contribution >= 4 is 15.9 Å². The third-order valence-corrected chi connectivity index (χ3v) is 3.43. The van der Waals surface area contributed by atoms with Crippen LogP contribution in [0.15, 0.2) is 40.9 Å². The Kier molecular flexibility index (Phi) is 4.22. The molecule has 0 saturated heterocycles. The van der Waals surface area contributed by atoms with Crippen molar-refractivity contribution in [3.63, 3.8) is 0 Å². The van der Waals surface area contributed by atoms with Gasteiger partial charge in [-0.2, -0.15) is 0 Å². The summed E-state index contributed by atoms with van der Waals surface area (Å²) < 4.78 is 19.9. The molecule has 100 valence electrons. The molecule has 0 heterocycles. The molecule has 2 aromatic rings. The second-order valence-corrected chi connectivity index (χ2v) is 5.23. The van der Waals surface area contributed by atoms with Crippen LogP contribution in [-0.2, 0) is 0 Å². The average Bonchev–Trinajstić information content (AvgIpc) is 2.40. The molecule has 0 aliphatic heterocycles. The van der Waals surface area contributed by atoms with Crippen molar-refractivity contribution < 1.29 is 14.2 Å². The number of aliphatic hydroxyl groups is 1. The second kappa shape index (κ2) is 5.72. The predicted octanol–water partition coefficient (Wildman–Crippen LogP) is 3.99. The number of aliphatic hydroxyl groups excluding tert-OH is 1. The third kappa shape index (κ3) is 2.96. The molecule has 1 unspecified atom stereocenters. The highest BCUT2D eigenvalue weighted by atomic mass is 79.9. The van der Waals surface area contributed by atoms with Crippen molar-refractivity contribution in [2.45, 2.75) is 13.0 Å². The first-order valence-electron chi connectivity index (χ1n) is 5.80. The fourth-order valence-electron chi connectivity index (χ4n) is 1.95. The van der Waals surface area contributed by atoms with Crippen molar-refractivity contribution in [3.05, 3.63) is 63.4 Å². The minimum absolute atomic E-state index is 0.251. The van der Waals surface area contributed by atoms with Gasteiger partial charge in [0.05, 0.1) is 7.11 Å². The monoisotopic (exact) mass is 324 g/mol. The molecule has 0 fully saturated rings. The van der Waals surface area contributed by atoms with Crippen molar-refractivity contribution in [1.82, 2.24) is 0 Å². The van der Waals surface area contributed by atoms with Crippen molar-refractivity contribution in [1.29, 1.82) is 0 Å². The number of benzene rings is 2. The first-order valence-corrected chi connectivity index (χ1v) is 6.59. The van der Waals surface area contributed by atoms with E-state index >= 15 is 0 Å². The molecule has 1 N–H and O–H groups in total. The molecule has 2 aromatic carbocycles. The van der Waals surface area contributed by atoms with E-state index < -0.39 is 11.9 Å². The Balaban J connectivity index is 2.49. The van der Waals surface area contributed by atoms with Crippen LogP contribution in [0, 0.1) is 12.7 Å². The van der Waals surface area contributed by atoms with Gasteiger partial charge in [-0.3, -0.25) is 0 Å². The van der Waals surface area contributed by atoms with Gasteiger partial charge in [-0.15, -0.1) is 0 Å². The Labute approximate surface area is 120 Å². The van der Waals surface area contributed by atoms with E-state index in [4.69, 9.17) is 4.74 Å². The molecule has 2 nitrogen and oxygen atoms in total. The van der Waals surface area contributed by atoms with Gasteiger partial charge in [0.1, 0.15) is 17.7 Å². The molecule has 0 aliphatic rings. The van der Waals surface area contributed by atoms with Crippen LogP contribution in [0.1, 0.15) is 22.8 Å². The summed E-state index contributed by atoms with van der Waals surface area (Å²) in [7, 11) is 1.52. The van der Waals surface area contributed by atoms with Crippen LogP contribution in [0.5, 0.6) is 5.75 Å². The van der Waals surface area contributed by atoms with Crippen LogP contribution >= 0.6 is 15.9 Å². The molecule has 0 amide bonds. The molecule has 2 rings (SSSR count). The lowest BCUT2D eigenvalue weighted by Crippen LogP contribution is -2.05. The smallest absolute Gasteiger partial charge is 0.129 e. The van der Waals surface area contributed by atoms with Crippen LogP contribution < -0.4 is 4.74 Å². The molecule has 4 heteroatoms. The number of ether oxygens (including phenoxy) is 1. The number of hydrogen-bond donors (Lipinski definition) is 1. The Morgan fingerprint density at radius 3 is 2.58 bits per heavy atom. The maximum atomic E-state index is 13.8. The summed E-state index contributed by atoms with van der Waals surface area (Å²) in [6.45, 7) is 1.86. The zero-order valence-corrected chi connectivity index (χ0v) is 12.2. The summed E-state index contributed by atoms with van der Waals surface area (Å²) >= 11 is 3.33. The molecule has 0 radical (unpaired) electrons. The highest BCUT2D eigenvalue weighted by molar-refractivity contribution is 9.10. The van der Waals surface area contributed by atoms with Crippen LogP contribution in [-0.4, -0.2) is 12.2 Å². The quantitative estimate of drug-likeness (QED) is 0.925. The molecule has 0 aromatic heterocycles. The molecule has 0 aliphatic carbocycles. The van der Waals surface area contributed by atoms with E-state index in [1.807, 2.05) is 6.92 Å². The SMILES string of the molecule is COc1cc(Br)ccc1C(O)c1cc(C)ccc1F. The molecule has 0 bridgehead atoms. The Morgan fingerprint density at radius 2 is 1.89 bits per heavy atom. The molecule has 0 saturated carbocycles. The van der Waals surface area contributed by atoms with E-state index in [9.17, 15) is 9.50 Å². The van der Waals surface area contributed by atoms with Crippen LogP contribution in [0.3, 0.4) is 0 Å². The Hall–Kier alpha value is -1.39. The fourth-order valence-corrected chi connectivity index (χ4v) is 2.29. The topological polar surface area (TPSA) is 29.5 Å². The lowest BCUT2D eigenvalue weighted by Gasteiger charge is -2.16. The molecule has 0 spiro atoms. The van der Waals surface area contributed by atoms with E-state index in [0.717, 1.165) is 10.0 Å². The highest BCUT2D eigenvalue weighted by Crippen LogP contribution is 2.33. The fraction of sp³-hybridized carbons (Fsp3) is 0.200. The summed E-state index contributed by atoms with van der Waals surface area (Å²) in [5, 5.41) is 10.4. The summed E-state index contributed by atoms with van der Waals surface area (Å²) in [6, 6.07) is 9.92. The lowest BCUT2D eigenvalue weighted by atomic mass is 9.98. The minimum Gasteiger partial charge on any atom is -0.496 e. The van der Waals surface area contributed by atoms with E-state index in [0.29, 0.717) is 11.3 Å². The van der Waals surface area contributed by atoms with Gasteiger partial charge >= 0.3 is 0 Å². The lowest BCUT2D eigenvalue weighted by molar-refractivity contribution is 0.209. The van der Waals surface area contributed by atoms with E-state index in [2.05, 4.69) is 15.9 Å². The normalized spacial score (nSPS) is 12.3. The number of hydrogen-bond acceptors (Lipinski definition) is 2. The molecule has 19 heavy (non-hydrogen) atoms.